The number of aromatic amines is 1. The summed E-state index contributed by atoms with van der Waals surface area (Å²) in [6.45, 7) is 6.25. The molecule has 1 amide bonds. The summed E-state index contributed by atoms with van der Waals surface area (Å²) in [5, 5.41) is 14.3. The van der Waals surface area contributed by atoms with Gasteiger partial charge in [-0.25, -0.2) is 14.6 Å². The lowest BCUT2D eigenvalue weighted by molar-refractivity contribution is 0.0939. The van der Waals surface area contributed by atoms with Crippen LogP contribution in [0.15, 0.2) is 48.5 Å². The lowest BCUT2D eigenvalue weighted by Gasteiger charge is -2.12. The summed E-state index contributed by atoms with van der Waals surface area (Å²) >= 11 is 0. The van der Waals surface area contributed by atoms with Gasteiger partial charge in [0.1, 0.15) is 17.4 Å². The summed E-state index contributed by atoms with van der Waals surface area (Å²) in [5.74, 6) is 2.52. The molecule has 0 saturated heterocycles. The lowest BCUT2D eigenvalue weighted by Crippen LogP contribution is -2.24. The van der Waals surface area contributed by atoms with Crippen molar-refractivity contribution in [3.05, 3.63) is 71.6 Å². The highest BCUT2D eigenvalue weighted by molar-refractivity contribution is 5.90. The Hall–Kier alpha value is -4.01. The normalized spacial score (nSPS) is 11.0. The monoisotopic (exact) mass is 431 g/mol. The molecule has 0 bridgehead atoms. The van der Waals surface area contributed by atoms with E-state index in [4.69, 9.17) is 4.74 Å². The van der Waals surface area contributed by atoms with Crippen molar-refractivity contribution in [3.8, 4) is 22.8 Å². The van der Waals surface area contributed by atoms with Crippen LogP contribution in [0.4, 0.5) is 0 Å². The molecule has 0 aliphatic carbocycles. The molecule has 2 heterocycles. The largest absolute Gasteiger partial charge is 0.497 e. The molecule has 2 N–H and O–H groups in total. The minimum Gasteiger partial charge on any atom is -0.497 e. The first-order chi connectivity index (χ1) is 15.5. The number of hydrogen-bond acceptors (Lipinski definition) is 6. The summed E-state index contributed by atoms with van der Waals surface area (Å²) in [6, 6.07) is 15.4. The summed E-state index contributed by atoms with van der Waals surface area (Å²) in [7, 11) is 1.62. The third-order valence-electron chi connectivity index (χ3n) is 5.06. The third-order valence-corrected chi connectivity index (χ3v) is 5.06. The number of benzene rings is 2. The molecule has 4 aromatic rings. The molecule has 0 aliphatic heterocycles. The van der Waals surface area contributed by atoms with Crippen LogP contribution in [-0.2, 0) is 6.54 Å². The van der Waals surface area contributed by atoms with Crippen molar-refractivity contribution in [3.63, 3.8) is 0 Å². The van der Waals surface area contributed by atoms with Crippen LogP contribution in [0.5, 0.6) is 5.75 Å². The van der Waals surface area contributed by atoms with Gasteiger partial charge < -0.3 is 10.1 Å². The molecule has 0 fully saturated rings. The highest BCUT2D eigenvalue weighted by Gasteiger charge is 2.18. The average Bonchev–Trinajstić information content (AvgIpc) is 3.44. The Bertz CT molecular complexity index is 1230. The maximum atomic E-state index is 12.7. The summed E-state index contributed by atoms with van der Waals surface area (Å²) in [5.41, 5.74) is 2.91. The molecular formula is C23H25N7O2. The zero-order valence-electron chi connectivity index (χ0n) is 18.5. The van der Waals surface area contributed by atoms with Gasteiger partial charge in [-0.2, -0.15) is 5.10 Å². The molecule has 4 rings (SSSR count). The zero-order chi connectivity index (χ0) is 22.7. The van der Waals surface area contributed by atoms with Gasteiger partial charge in [0.25, 0.3) is 5.91 Å². The average molecular weight is 432 g/mol. The molecular weight excluding hydrogens is 406 g/mol. The van der Waals surface area contributed by atoms with Gasteiger partial charge in [0.15, 0.2) is 5.82 Å². The van der Waals surface area contributed by atoms with Gasteiger partial charge in [0.05, 0.1) is 19.3 Å². The Morgan fingerprint density at radius 2 is 1.88 bits per heavy atom. The number of aromatic nitrogens is 6. The first-order valence-corrected chi connectivity index (χ1v) is 10.3. The maximum Gasteiger partial charge on any atom is 0.291 e. The quantitative estimate of drug-likeness (QED) is 0.464. The van der Waals surface area contributed by atoms with Crippen LogP contribution in [0.3, 0.4) is 0 Å². The van der Waals surface area contributed by atoms with E-state index in [0.29, 0.717) is 23.4 Å². The van der Waals surface area contributed by atoms with E-state index in [1.165, 1.54) is 0 Å². The molecule has 0 atom stereocenters. The number of amides is 1. The van der Waals surface area contributed by atoms with E-state index in [1.807, 2.05) is 49.4 Å². The molecule has 32 heavy (non-hydrogen) atoms. The zero-order valence-corrected chi connectivity index (χ0v) is 18.5. The van der Waals surface area contributed by atoms with Gasteiger partial charge in [0, 0.05) is 5.56 Å². The number of rotatable bonds is 7. The number of H-pyrrole nitrogens is 1. The molecule has 0 spiro atoms. The van der Waals surface area contributed by atoms with Crippen molar-refractivity contribution in [1.82, 2.24) is 35.3 Å². The molecule has 0 unspecified atom stereocenters. The fourth-order valence-electron chi connectivity index (χ4n) is 3.37. The minimum absolute atomic E-state index is 0.107. The first-order valence-electron chi connectivity index (χ1n) is 10.3. The molecule has 2 aromatic carbocycles. The number of nitrogens with one attached hydrogen (secondary N) is 2. The summed E-state index contributed by atoms with van der Waals surface area (Å²) in [6.07, 6.45) is 0. The van der Waals surface area contributed by atoms with Crippen molar-refractivity contribution in [1.29, 1.82) is 0 Å². The Kier molecular flexibility index (Phi) is 5.98. The third kappa shape index (κ3) is 4.36. The predicted octanol–water partition coefficient (Wildman–Crippen LogP) is 3.42. The van der Waals surface area contributed by atoms with E-state index in [9.17, 15) is 4.79 Å². The van der Waals surface area contributed by atoms with E-state index in [2.05, 4.69) is 50.5 Å². The molecule has 0 aliphatic rings. The maximum absolute atomic E-state index is 12.7. The Morgan fingerprint density at radius 3 is 2.59 bits per heavy atom. The Labute approximate surface area is 185 Å². The number of carbonyl (C=O) groups excluding carboxylic acids is 1. The second-order valence-electron chi connectivity index (χ2n) is 7.62. The predicted molar refractivity (Wildman–Crippen MR) is 120 cm³/mol. The van der Waals surface area contributed by atoms with Crippen molar-refractivity contribution < 1.29 is 9.53 Å². The number of carbonyl (C=O) groups is 1. The second kappa shape index (κ2) is 9.01. The Morgan fingerprint density at radius 1 is 1.12 bits per heavy atom. The summed E-state index contributed by atoms with van der Waals surface area (Å²) in [4.78, 5) is 21.4. The molecule has 9 nitrogen and oxygen atoms in total. The standard InChI is InChI=1S/C23H25N7O2/c1-14(2)18-7-5-6-8-19(18)30-15(3)25-22(29-30)23(31)24-13-20-26-21(28-27-20)16-9-11-17(32-4)12-10-16/h5-12,14H,13H2,1-4H3,(H,24,31)(H,26,27,28). The van der Waals surface area contributed by atoms with E-state index in [-0.39, 0.29) is 18.3 Å². The molecule has 2 aromatic heterocycles. The van der Waals surface area contributed by atoms with Gasteiger partial charge in [-0.05, 0) is 48.7 Å². The van der Waals surface area contributed by atoms with Gasteiger partial charge in [-0.1, -0.05) is 32.0 Å². The molecule has 0 radical (unpaired) electrons. The highest BCUT2D eigenvalue weighted by atomic mass is 16.5. The highest BCUT2D eigenvalue weighted by Crippen LogP contribution is 2.23. The smallest absolute Gasteiger partial charge is 0.291 e. The molecule has 0 saturated carbocycles. The summed E-state index contributed by atoms with van der Waals surface area (Å²) < 4.78 is 6.87. The van der Waals surface area contributed by atoms with Crippen LogP contribution in [0, 0.1) is 6.92 Å². The minimum atomic E-state index is -0.378. The number of aryl methyl sites for hydroxylation is 1. The van der Waals surface area contributed by atoms with Crippen LogP contribution in [0.2, 0.25) is 0 Å². The van der Waals surface area contributed by atoms with Crippen LogP contribution in [-0.4, -0.2) is 43.0 Å². The van der Waals surface area contributed by atoms with Gasteiger partial charge in [0.2, 0.25) is 5.82 Å². The van der Waals surface area contributed by atoms with Crippen LogP contribution >= 0.6 is 0 Å². The van der Waals surface area contributed by atoms with Crippen molar-refractivity contribution in [2.45, 2.75) is 33.2 Å². The van der Waals surface area contributed by atoms with E-state index >= 15 is 0 Å². The number of methoxy groups -OCH3 is 1. The van der Waals surface area contributed by atoms with E-state index in [1.54, 1.807) is 11.8 Å². The number of ether oxygens (including phenoxy) is 1. The number of hydrogen-bond donors (Lipinski definition) is 2. The lowest BCUT2D eigenvalue weighted by atomic mass is 10.0. The first kappa shape index (κ1) is 21.2. The van der Waals surface area contributed by atoms with Gasteiger partial charge in [-0.3, -0.25) is 9.89 Å². The van der Waals surface area contributed by atoms with E-state index in [0.717, 1.165) is 22.6 Å². The van der Waals surface area contributed by atoms with Gasteiger partial charge >= 0.3 is 0 Å². The topological polar surface area (TPSA) is 111 Å². The fourth-order valence-corrected chi connectivity index (χ4v) is 3.37. The number of para-hydroxylation sites is 1. The van der Waals surface area contributed by atoms with E-state index < -0.39 is 0 Å². The van der Waals surface area contributed by atoms with Crippen LogP contribution in [0.25, 0.3) is 17.1 Å². The van der Waals surface area contributed by atoms with Crippen LogP contribution < -0.4 is 10.1 Å². The molecule has 164 valence electrons. The Balaban J connectivity index is 1.45. The number of nitrogens with zero attached hydrogens (tertiary/aromatic N) is 5. The SMILES string of the molecule is COc1ccc(-c2n[nH]c(CNC(=O)c3nc(C)n(-c4ccccc4C(C)C)n3)n2)cc1. The van der Waals surface area contributed by atoms with Crippen molar-refractivity contribution >= 4 is 5.91 Å². The van der Waals surface area contributed by atoms with Gasteiger partial charge in [-0.15, -0.1) is 5.10 Å². The fraction of sp³-hybridized carbons (Fsp3) is 0.261. The van der Waals surface area contributed by atoms with Crippen LogP contribution in [0.1, 0.15) is 47.6 Å². The van der Waals surface area contributed by atoms with Crippen molar-refractivity contribution in [2.24, 2.45) is 0 Å². The van der Waals surface area contributed by atoms with Crippen molar-refractivity contribution in [2.75, 3.05) is 7.11 Å². The second-order valence-corrected chi connectivity index (χ2v) is 7.62. The molecule has 9 heteroatoms.